The van der Waals surface area contributed by atoms with Gasteiger partial charge in [0.25, 0.3) is 0 Å². The molecule has 0 spiro atoms. The SMILES string of the molecule is CCN(CC)S(=O)(=O)c1ccc(NC(C)C)nc1. The smallest absolute Gasteiger partial charge is 0.244 e. The van der Waals surface area contributed by atoms with Gasteiger partial charge < -0.3 is 5.32 Å². The van der Waals surface area contributed by atoms with Gasteiger partial charge in [0.1, 0.15) is 10.7 Å². The van der Waals surface area contributed by atoms with E-state index >= 15 is 0 Å². The van der Waals surface area contributed by atoms with Crippen LogP contribution >= 0.6 is 0 Å². The molecule has 0 radical (unpaired) electrons. The number of sulfonamides is 1. The highest BCUT2D eigenvalue weighted by molar-refractivity contribution is 7.89. The number of nitrogens with zero attached hydrogens (tertiary/aromatic N) is 2. The van der Waals surface area contributed by atoms with Crippen LogP contribution < -0.4 is 5.32 Å². The van der Waals surface area contributed by atoms with Crippen LogP contribution in [0.5, 0.6) is 0 Å². The van der Waals surface area contributed by atoms with Crippen LogP contribution in [0.25, 0.3) is 0 Å². The Balaban J connectivity index is 2.97. The van der Waals surface area contributed by atoms with Crippen LogP contribution in [0.2, 0.25) is 0 Å². The summed E-state index contributed by atoms with van der Waals surface area (Å²) in [5, 5.41) is 3.12. The summed E-state index contributed by atoms with van der Waals surface area (Å²) in [6, 6.07) is 3.55. The van der Waals surface area contributed by atoms with Gasteiger partial charge in [0.05, 0.1) is 0 Å². The van der Waals surface area contributed by atoms with Crippen LogP contribution in [0.4, 0.5) is 5.82 Å². The summed E-state index contributed by atoms with van der Waals surface area (Å²) in [6.45, 7) is 8.58. The van der Waals surface area contributed by atoms with Crippen LogP contribution in [0.15, 0.2) is 23.2 Å². The third kappa shape index (κ3) is 3.43. The van der Waals surface area contributed by atoms with E-state index in [9.17, 15) is 8.42 Å². The molecule has 18 heavy (non-hydrogen) atoms. The predicted molar refractivity (Wildman–Crippen MR) is 73.1 cm³/mol. The van der Waals surface area contributed by atoms with Gasteiger partial charge >= 0.3 is 0 Å². The largest absolute Gasteiger partial charge is 0.368 e. The van der Waals surface area contributed by atoms with Crippen LogP contribution in [0, 0.1) is 0 Å². The van der Waals surface area contributed by atoms with Crippen molar-refractivity contribution >= 4 is 15.8 Å². The third-order valence-corrected chi connectivity index (χ3v) is 4.55. The van der Waals surface area contributed by atoms with Crippen molar-refractivity contribution in [3.05, 3.63) is 18.3 Å². The Kier molecular flexibility index (Phi) is 5.10. The molecule has 102 valence electrons. The van der Waals surface area contributed by atoms with E-state index < -0.39 is 10.0 Å². The maximum Gasteiger partial charge on any atom is 0.244 e. The molecule has 1 rings (SSSR count). The zero-order valence-corrected chi connectivity index (χ0v) is 12.2. The number of nitrogens with one attached hydrogen (secondary N) is 1. The van der Waals surface area contributed by atoms with E-state index in [1.807, 2.05) is 27.7 Å². The Morgan fingerprint density at radius 2 is 1.89 bits per heavy atom. The molecular weight excluding hydrogens is 250 g/mol. The second-order valence-electron chi connectivity index (χ2n) is 4.27. The summed E-state index contributed by atoms with van der Waals surface area (Å²) in [5.41, 5.74) is 0. The van der Waals surface area contributed by atoms with Gasteiger partial charge in [-0.05, 0) is 26.0 Å². The van der Waals surface area contributed by atoms with Gasteiger partial charge in [-0.15, -0.1) is 0 Å². The first-order chi connectivity index (χ1) is 8.41. The summed E-state index contributed by atoms with van der Waals surface area (Å²) in [7, 11) is -3.40. The number of anilines is 1. The lowest BCUT2D eigenvalue weighted by Gasteiger charge is -2.18. The van der Waals surface area contributed by atoms with E-state index in [1.54, 1.807) is 12.1 Å². The van der Waals surface area contributed by atoms with Crippen molar-refractivity contribution in [3.8, 4) is 0 Å². The molecule has 1 aromatic rings. The van der Waals surface area contributed by atoms with Crippen LogP contribution in [-0.4, -0.2) is 36.8 Å². The zero-order valence-electron chi connectivity index (χ0n) is 11.3. The van der Waals surface area contributed by atoms with E-state index in [4.69, 9.17) is 0 Å². The molecule has 5 nitrogen and oxygen atoms in total. The van der Waals surface area contributed by atoms with Crippen LogP contribution in [0.3, 0.4) is 0 Å². The molecule has 0 amide bonds. The van der Waals surface area contributed by atoms with Crippen molar-refractivity contribution < 1.29 is 8.42 Å². The molecule has 0 aromatic carbocycles. The lowest BCUT2D eigenvalue weighted by atomic mass is 10.4. The predicted octanol–water partition coefficient (Wildman–Crippen LogP) is 1.93. The van der Waals surface area contributed by atoms with Crippen molar-refractivity contribution in [2.75, 3.05) is 18.4 Å². The summed E-state index contributed by atoms with van der Waals surface area (Å²) in [5.74, 6) is 0.684. The molecule has 1 aromatic heterocycles. The highest BCUT2D eigenvalue weighted by atomic mass is 32.2. The second-order valence-corrected chi connectivity index (χ2v) is 6.21. The lowest BCUT2D eigenvalue weighted by Crippen LogP contribution is -2.30. The van der Waals surface area contributed by atoms with Crippen LogP contribution in [-0.2, 0) is 10.0 Å². The fourth-order valence-electron chi connectivity index (χ4n) is 1.63. The first kappa shape index (κ1) is 14.9. The number of hydrogen-bond acceptors (Lipinski definition) is 4. The van der Waals surface area contributed by atoms with Gasteiger partial charge in [-0.25, -0.2) is 13.4 Å². The van der Waals surface area contributed by atoms with Gasteiger partial charge in [0.15, 0.2) is 0 Å². The van der Waals surface area contributed by atoms with Crippen LogP contribution in [0.1, 0.15) is 27.7 Å². The monoisotopic (exact) mass is 271 g/mol. The minimum atomic E-state index is -3.40. The third-order valence-electron chi connectivity index (χ3n) is 2.52. The zero-order chi connectivity index (χ0) is 13.8. The van der Waals surface area contributed by atoms with Gasteiger partial charge in [0.2, 0.25) is 10.0 Å². The summed E-state index contributed by atoms with van der Waals surface area (Å²) in [6.07, 6.45) is 1.40. The molecule has 1 N–H and O–H groups in total. The molecule has 0 saturated heterocycles. The van der Waals surface area contributed by atoms with Crippen molar-refractivity contribution in [2.45, 2.75) is 38.6 Å². The molecule has 0 aliphatic carbocycles. The lowest BCUT2D eigenvalue weighted by molar-refractivity contribution is 0.445. The molecule has 0 aliphatic rings. The minimum absolute atomic E-state index is 0.237. The number of pyridine rings is 1. The Morgan fingerprint density at radius 1 is 1.28 bits per heavy atom. The van der Waals surface area contributed by atoms with Gasteiger partial charge in [-0.3, -0.25) is 0 Å². The Hall–Kier alpha value is -1.14. The molecule has 6 heteroatoms. The molecule has 0 fully saturated rings. The first-order valence-corrected chi connectivity index (χ1v) is 7.58. The van der Waals surface area contributed by atoms with Crippen molar-refractivity contribution in [1.29, 1.82) is 0 Å². The molecular formula is C12H21N3O2S. The maximum absolute atomic E-state index is 12.2. The fraction of sp³-hybridized carbons (Fsp3) is 0.583. The topological polar surface area (TPSA) is 62.3 Å². The summed E-state index contributed by atoms with van der Waals surface area (Å²) < 4.78 is 25.8. The average Bonchev–Trinajstić information content (AvgIpc) is 2.30. The second kappa shape index (κ2) is 6.15. The Labute approximate surface area is 109 Å². The molecule has 0 unspecified atom stereocenters. The van der Waals surface area contributed by atoms with Crippen molar-refractivity contribution in [1.82, 2.24) is 9.29 Å². The molecule has 0 atom stereocenters. The maximum atomic E-state index is 12.2. The van der Waals surface area contributed by atoms with E-state index in [0.29, 0.717) is 18.9 Å². The first-order valence-electron chi connectivity index (χ1n) is 6.14. The highest BCUT2D eigenvalue weighted by Gasteiger charge is 2.21. The molecule has 1 heterocycles. The van der Waals surface area contributed by atoms with Crippen molar-refractivity contribution in [3.63, 3.8) is 0 Å². The summed E-state index contributed by atoms with van der Waals surface area (Å²) >= 11 is 0. The van der Waals surface area contributed by atoms with Gasteiger partial charge in [-0.1, -0.05) is 13.8 Å². The normalized spacial score (nSPS) is 12.1. The minimum Gasteiger partial charge on any atom is -0.368 e. The van der Waals surface area contributed by atoms with Crippen molar-refractivity contribution in [2.24, 2.45) is 0 Å². The number of hydrogen-bond donors (Lipinski definition) is 1. The highest BCUT2D eigenvalue weighted by Crippen LogP contribution is 2.16. The number of aromatic nitrogens is 1. The van der Waals surface area contributed by atoms with E-state index in [0.717, 1.165) is 0 Å². The molecule has 0 aliphatic heterocycles. The summed E-state index contributed by atoms with van der Waals surface area (Å²) in [4.78, 5) is 4.36. The number of rotatable bonds is 6. The molecule has 0 bridgehead atoms. The fourth-order valence-corrected chi connectivity index (χ4v) is 3.03. The van der Waals surface area contributed by atoms with Gasteiger partial charge in [0, 0.05) is 25.3 Å². The Morgan fingerprint density at radius 3 is 2.28 bits per heavy atom. The Bertz CT molecular complexity index is 465. The van der Waals surface area contributed by atoms with Gasteiger partial charge in [-0.2, -0.15) is 4.31 Å². The molecule has 0 saturated carbocycles. The van der Waals surface area contributed by atoms with E-state index in [-0.39, 0.29) is 10.9 Å². The quantitative estimate of drug-likeness (QED) is 0.859. The average molecular weight is 271 g/mol. The van der Waals surface area contributed by atoms with E-state index in [2.05, 4.69) is 10.3 Å². The van der Waals surface area contributed by atoms with E-state index in [1.165, 1.54) is 10.5 Å². The standard InChI is InChI=1S/C12H21N3O2S/c1-5-15(6-2)18(16,17)11-7-8-12(13-9-11)14-10(3)4/h7-10H,5-6H2,1-4H3,(H,13,14).